The molecule has 0 amide bonds. The number of aryl methyl sites for hydroxylation is 1. The van der Waals surface area contributed by atoms with Crippen molar-refractivity contribution in [2.75, 3.05) is 0 Å². The Kier molecular flexibility index (Phi) is 3.24. The van der Waals surface area contributed by atoms with Gasteiger partial charge in [0.15, 0.2) is 0 Å². The first-order valence-corrected chi connectivity index (χ1v) is 5.41. The number of ketones is 1. The van der Waals surface area contributed by atoms with Crippen molar-refractivity contribution >= 4 is 5.78 Å². The van der Waals surface area contributed by atoms with Crippen LogP contribution in [0.1, 0.15) is 16.1 Å². The second kappa shape index (κ2) is 4.62. The molecule has 0 aliphatic carbocycles. The summed E-state index contributed by atoms with van der Waals surface area (Å²) in [6.45, 7) is 1.16. The molecule has 0 spiro atoms. The van der Waals surface area contributed by atoms with Crippen LogP contribution in [0, 0.1) is 12.7 Å². The van der Waals surface area contributed by atoms with Gasteiger partial charge in [-0.3, -0.25) is 14.7 Å². The Morgan fingerprint density at radius 2 is 1.95 bits per heavy atom. The molecule has 106 valence electrons. The van der Waals surface area contributed by atoms with E-state index in [1.165, 1.54) is 12.1 Å². The van der Waals surface area contributed by atoms with E-state index in [9.17, 15) is 27.2 Å². The minimum Gasteiger partial charge on any atom is -0.295 e. The monoisotopic (exact) mass is 288 g/mol. The van der Waals surface area contributed by atoms with Gasteiger partial charge in [-0.25, -0.2) is 9.07 Å². The quantitative estimate of drug-likeness (QED) is 0.681. The normalized spacial score (nSPS) is 11.7. The predicted molar refractivity (Wildman–Crippen MR) is 61.5 cm³/mol. The van der Waals surface area contributed by atoms with Crippen molar-refractivity contribution in [1.29, 1.82) is 0 Å². The maximum atomic E-state index is 13.1. The lowest BCUT2D eigenvalue weighted by atomic mass is 10.1. The Morgan fingerprint density at radius 1 is 1.30 bits per heavy atom. The summed E-state index contributed by atoms with van der Waals surface area (Å²) in [5, 5.41) is 2.33. The highest BCUT2D eigenvalue weighted by Crippen LogP contribution is 2.21. The number of carbonyl (C=O) groups excluding carboxylic acids is 1. The van der Waals surface area contributed by atoms with Crippen LogP contribution in [-0.2, 0) is 0 Å². The van der Waals surface area contributed by atoms with Gasteiger partial charge in [-0.15, -0.1) is 0 Å². The summed E-state index contributed by atoms with van der Waals surface area (Å²) < 4.78 is 51.0. The van der Waals surface area contributed by atoms with E-state index in [4.69, 9.17) is 0 Å². The first-order valence-electron chi connectivity index (χ1n) is 5.41. The van der Waals surface area contributed by atoms with Gasteiger partial charge in [-0.05, 0) is 25.1 Å². The fourth-order valence-corrected chi connectivity index (χ4v) is 1.75. The molecule has 1 aromatic heterocycles. The molecule has 4 nitrogen and oxygen atoms in total. The van der Waals surface area contributed by atoms with Gasteiger partial charge in [-0.2, -0.15) is 13.2 Å². The van der Waals surface area contributed by atoms with Crippen molar-refractivity contribution in [2.24, 2.45) is 0 Å². The van der Waals surface area contributed by atoms with Crippen LogP contribution in [0.4, 0.5) is 17.6 Å². The number of hydrogen-bond acceptors (Lipinski definition) is 2. The molecule has 0 atom stereocenters. The highest BCUT2D eigenvalue weighted by atomic mass is 19.4. The van der Waals surface area contributed by atoms with Crippen LogP contribution in [0.25, 0.3) is 5.69 Å². The summed E-state index contributed by atoms with van der Waals surface area (Å²) in [6.07, 6.45) is -5.15. The molecular weight excluding hydrogens is 280 g/mol. The highest BCUT2D eigenvalue weighted by molar-refractivity contribution is 6.00. The zero-order valence-corrected chi connectivity index (χ0v) is 10.1. The van der Waals surface area contributed by atoms with Gasteiger partial charge < -0.3 is 0 Å². The molecule has 0 saturated heterocycles. The molecular formula is C12H8F4N2O2. The second-order valence-corrected chi connectivity index (χ2v) is 4.06. The van der Waals surface area contributed by atoms with Crippen LogP contribution < -0.4 is 5.56 Å². The molecule has 0 radical (unpaired) electrons. The molecule has 20 heavy (non-hydrogen) atoms. The number of nitrogens with one attached hydrogen (secondary N) is 1. The number of aromatic amines is 1. The summed E-state index contributed by atoms with van der Waals surface area (Å²) in [6, 6.07) is 4.69. The number of benzene rings is 1. The predicted octanol–water partition coefficient (Wildman–Crippen LogP) is 2.36. The minimum atomic E-state index is -5.15. The minimum absolute atomic E-state index is 0.000625. The Bertz CT molecular complexity index is 728. The number of halogens is 4. The average molecular weight is 288 g/mol. The van der Waals surface area contributed by atoms with Crippen LogP contribution >= 0.6 is 0 Å². The van der Waals surface area contributed by atoms with E-state index in [-0.39, 0.29) is 11.4 Å². The first kappa shape index (κ1) is 14.0. The molecule has 8 heteroatoms. The third kappa shape index (κ3) is 2.36. The lowest BCUT2D eigenvalue weighted by Gasteiger charge is -2.02. The van der Waals surface area contributed by atoms with E-state index in [2.05, 4.69) is 5.10 Å². The molecule has 0 aliphatic heterocycles. The van der Waals surface area contributed by atoms with E-state index >= 15 is 0 Å². The summed E-state index contributed by atoms with van der Waals surface area (Å²) >= 11 is 0. The van der Waals surface area contributed by atoms with E-state index < -0.39 is 28.9 Å². The molecule has 0 aliphatic rings. The molecule has 0 bridgehead atoms. The number of rotatable bonds is 2. The summed E-state index contributed by atoms with van der Waals surface area (Å²) in [5.74, 6) is -2.89. The SMILES string of the molecule is Cc1[nH]n(-c2cccc(F)c2)c(=O)c1C(=O)C(F)(F)F. The average Bonchev–Trinajstić information content (AvgIpc) is 2.63. The Labute approximate surface area is 109 Å². The van der Waals surface area contributed by atoms with Crippen molar-refractivity contribution in [3.8, 4) is 5.69 Å². The largest absolute Gasteiger partial charge is 0.455 e. The summed E-state index contributed by atoms with van der Waals surface area (Å²) in [7, 11) is 0. The maximum absolute atomic E-state index is 13.1. The molecule has 0 unspecified atom stereocenters. The van der Waals surface area contributed by atoms with Crippen molar-refractivity contribution in [2.45, 2.75) is 13.1 Å². The van der Waals surface area contributed by atoms with Crippen molar-refractivity contribution < 1.29 is 22.4 Å². The molecule has 1 aromatic carbocycles. The van der Waals surface area contributed by atoms with Gasteiger partial charge >= 0.3 is 6.18 Å². The van der Waals surface area contributed by atoms with Crippen LogP contribution in [-0.4, -0.2) is 21.7 Å². The van der Waals surface area contributed by atoms with E-state index in [1.54, 1.807) is 0 Å². The maximum Gasteiger partial charge on any atom is 0.455 e. The van der Waals surface area contributed by atoms with Gasteiger partial charge in [0.05, 0.1) is 5.69 Å². The second-order valence-electron chi connectivity index (χ2n) is 4.06. The van der Waals surface area contributed by atoms with Crippen molar-refractivity contribution in [3.05, 3.63) is 51.7 Å². The number of Topliss-reactive ketones (excluding diaryl/α,β-unsaturated/α-hetero) is 1. The first-order chi connectivity index (χ1) is 9.21. The van der Waals surface area contributed by atoms with Gasteiger partial charge in [0.1, 0.15) is 11.4 Å². The van der Waals surface area contributed by atoms with Gasteiger partial charge in [-0.1, -0.05) is 6.07 Å². The van der Waals surface area contributed by atoms with E-state index in [1.807, 2.05) is 0 Å². The van der Waals surface area contributed by atoms with Gasteiger partial charge in [0.25, 0.3) is 11.3 Å². The van der Waals surface area contributed by atoms with E-state index in [0.717, 1.165) is 19.1 Å². The fraction of sp³-hybridized carbons (Fsp3) is 0.167. The molecule has 1 heterocycles. The number of alkyl halides is 3. The Balaban J connectivity index is 2.61. The fourth-order valence-electron chi connectivity index (χ4n) is 1.75. The number of nitrogens with zero attached hydrogens (tertiary/aromatic N) is 1. The van der Waals surface area contributed by atoms with Crippen LogP contribution in [0.2, 0.25) is 0 Å². The number of H-pyrrole nitrogens is 1. The summed E-state index contributed by atoms with van der Waals surface area (Å²) in [5.41, 5.74) is -2.40. The van der Waals surface area contributed by atoms with E-state index in [0.29, 0.717) is 4.68 Å². The zero-order chi connectivity index (χ0) is 15.1. The Hall–Kier alpha value is -2.38. The van der Waals surface area contributed by atoms with Crippen molar-refractivity contribution in [1.82, 2.24) is 9.78 Å². The molecule has 2 rings (SSSR count). The van der Waals surface area contributed by atoms with Crippen LogP contribution in [0.3, 0.4) is 0 Å². The molecule has 0 fully saturated rings. The number of aromatic nitrogens is 2. The summed E-state index contributed by atoms with van der Waals surface area (Å²) in [4.78, 5) is 23.1. The van der Waals surface area contributed by atoms with Gasteiger partial charge in [0, 0.05) is 5.69 Å². The molecule has 2 aromatic rings. The topological polar surface area (TPSA) is 54.9 Å². The highest BCUT2D eigenvalue weighted by Gasteiger charge is 2.42. The third-order valence-electron chi connectivity index (χ3n) is 2.62. The number of hydrogen-bond donors (Lipinski definition) is 1. The van der Waals surface area contributed by atoms with Gasteiger partial charge in [0.2, 0.25) is 0 Å². The standard InChI is InChI=1S/C12H8F4N2O2/c1-6-9(10(19)12(14,15)16)11(20)18(17-6)8-4-2-3-7(13)5-8/h2-5,17H,1H3. The number of carbonyl (C=O) groups is 1. The zero-order valence-electron chi connectivity index (χ0n) is 10.1. The molecule has 1 N–H and O–H groups in total. The Morgan fingerprint density at radius 3 is 2.50 bits per heavy atom. The smallest absolute Gasteiger partial charge is 0.295 e. The lowest BCUT2D eigenvalue weighted by molar-refractivity contribution is -0.0886. The molecule has 0 saturated carbocycles. The third-order valence-corrected chi connectivity index (χ3v) is 2.62. The van der Waals surface area contributed by atoms with Crippen LogP contribution in [0.15, 0.2) is 29.1 Å². The van der Waals surface area contributed by atoms with Crippen molar-refractivity contribution in [3.63, 3.8) is 0 Å². The van der Waals surface area contributed by atoms with Crippen LogP contribution in [0.5, 0.6) is 0 Å². The lowest BCUT2D eigenvalue weighted by Crippen LogP contribution is -2.29.